The number of ether oxygens (including phenoxy) is 2. The molecule has 2 aliphatic rings. The normalized spacial score (nSPS) is 20.9. The molecule has 1 aromatic carbocycles. The summed E-state index contributed by atoms with van der Waals surface area (Å²) < 4.78 is 11.6. The van der Waals surface area contributed by atoms with Gasteiger partial charge in [0.05, 0.1) is 13.2 Å². The predicted molar refractivity (Wildman–Crippen MR) is 114 cm³/mol. The molecule has 1 amide bonds. The summed E-state index contributed by atoms with van der Waals surface area (Å²) in [5.74, 6) is 2.70. The van der Waals surface area contributed by atoms with Crippen LogP contribution in [0.1, 0.15) is 57.4 Å². The first-order chi connectivity index (χ1) is 13.2. The number of carbonyl (C=O) groups excluding carboxylic acids is 1. The highest BCUT2D eigenvalue weighted by atomic mass is 35.5. The fourth-order valence-electron chi connectivity index (χ4n) is 4.21. The van der Waals surface area contributed by atoms with E-state index >= 15 is 0 Å². The van der Waals surface area contributed by atoms with Crippen molar-refractivity contribution in [2.75, 3.05) is 20.2 Å². The predicted octanol–water partition coefficient (Wildman–Crippen LogP) is 4.08. The van der Waals surface area contributed by atoms with E-state index in [0.29, 0.717) is 24.8 Å². The quantitative estimate of drug-likeness (QED) is 0.677. The second-order valence-electron chi connectivity index (χ2n) is 8.07. The molecule has 2 unspecified atom stereocenters. The van der Waals surface area contributed by atoms with Crippen LogP contribution in [-0.2, 0) is 11.3 Å². The van der Waals surface area contributed by atoms with Gasteiger partial charge < -0.3 is 20.1 Å². The Morgan fingerprint density at radius 3 is 2.68 bits per heavy atom. The molecule has 0 bridgehead atoms. The third-order valence-electron chi connectivity index (χ3n) is 5.96. The largest absolute Gasteiger partial charge is 0.493 e. The molecule has 6 heteroatoms. The van der Waals surface area contributed by atoms with Crippen molar-refractivity contribution in [3.8, 4) is 11.5 Å². The van der Waals surface area contributed by atoms with Gasteiger partial charge in [-0.3, -0.25) is 4.79 Å². The Labute approximate surface area is 175 Å². The van der Waals surface area contributed by atoms with Crippen molar-refractivity contribution in [2.24, 2.45) is 11.8 Å². The molecular weight excluding hydrogens is 376 g/mol. The Balaban J connectivity index is 0.00000280. The van der Waals surface area contributed by atoms with E-state index in [1.165, 1.54) is 25.7 Å². The number of hydrogen-bond donors (Lipinski definition) is 2. The number of halogens is 1. The highest BCUT2D eigenvalue weighted by Gasteiger charge is 2.22. The molecular formula is C22H35ClN2O3. The molecule has 1 aromatic rings. The van der Waals surface area contributed by atoms with Gasteiger partial charge in [-0.1, -0.05) is 13.0 Å². The zero-order valence-corrected chi connectivity index (χ0v) is 18.0. The fourth-order valence-corrected chi connectivity index (χ4v) is 4.21. The molecule has 1 aliphatic carbocycles. The maximum atomic E-state index is 12.4. The molecule has 28 heavy (non-hydrogen) atoms. The van der Waals surface area contributed by atoms with Crippen molar-refractivity contribution < 1.29 is 14.3 Å². The molecule has 5 nitrogen and oxygen atoms in total. The van der Waals surface area contributed by atoms with Crippen LogP contribution in [0.25, 0.3) is 0 Å². The van der Waals surface area contributed by atoms with Crippen LogP contribution in [-0.4, -0.2) is 32.2 Å². The smallest absolute Gasteiger partial charge is 0.220 e. The summed E-state index contributed by atoms with van der Waals surface area (Å²) >= 11 is 0. The number of piperidine rings is 1. The van der Waals surface area contributed by atoms with Crippen LogP contribution in [0.2, 0.25) is 0 Å². The average molecular weight is 411 g/mol. The Bertz CT molecular complexity index is 614. The number of amides is 1. The van der Waals surface area contributed by atoms with Gasteiger partial charge in [-0.2, -0.15) is 0 Å². The molecule has 1 heterocycles. The first-order valence-electron chi connectivity index (χ1n) is 10.5. The average Bonchev–Trinajstić information content (AvgIpc) is 3.20. The van der Waals surface area contributed by atoms with Gasteiger partial charge >= 0.3 is 0 Å². The molecule has 0 spiro atoms. The van der Waals surface area contributed by atoms with Gasteiger partial charge in [0, 0.05) is 13.0 Å². The van der Waals surface area contributed by atoms with Gasteiger partial charge in [0.1, 0.15) is 0 Å². The Morgan fingerprint density at radius 2 is 2.00 bits per heavy atom. The van der Waals surface area contributed by atoms with E-state index in [2.05, 4.69) is 17.6 Å². The summed E-state index contributed by atoms with van der Waals surface area (Å²) in [6, 6.07) is 5.93. The number of methoxy groups -OCH3 is 1. The molecule has 0 aromatic heterocycles. The minimum atomic E-state index is 0. The zero-order valence-electron chi connectivity index (χ0n) is 17.2. The lowest BCUT2D eigenvalue weighted by Gasteiger charge is -2.28. The van der Waals surface area contributed by atoms with E-state index in [0.717, 1.165) is 43.0 Å². The lowest BCUT2D eigenvalue weighted by atomic mass is 9.85. The topological polar surface area (TPSA) is 59.6 Å². The van der Waals surface area contributed by atoms with E-state index in [4.69, 9.17) is 9.47 Å². The van der Waals surface area contributed by atoms with Gasteiger partial charge in [0.25, 0.3) is 0 Å². The maximum Gasteiger partial charge on any atom is 0.220 e. The standard InChI is InChI=1S/C22H34N2O3.ClH/c1-16(18-6-5-11-23-15-18)12-22(25)24-14-17-9-10-20(26-2)21(13-17)27-19-7-3-4-8-19;/h9-10,13,16,18-19,23H,3-8,11-12,14-15H2,1-2H3,(H,24,25);1H. The second-order valence-corrected chi connectivity index (χ2v) is 8.07. The van der Waals surface area contributed by atoms with E-state index < -0.39 is 0 Å². The van der Waals surface area contributed by atoms with Crippen LogP contribution in [0.4, 0.5) is 0 Å². The molecule has 2 atom stereocenters. The molecule has 1 saturated carbocycles. The van der Waals surface area contributed by atoms with Crippen LogP contribution in [0.3, 0.4) is 0 Å². The highest BCUT2D eigenvalue weighted by molar-refractivity contribution is 5.85. The van der Waals surface area contributed by atoms with Gasteiger partial charge in [-0.25, -0.2) is 0 Å². The van der Waals surface area contributed by atoms with E-state index in [1.807, 2.05) is 18.2 Å². The minimum absolute atomic E-state index is 0. The zero-order chi connectivity index (χ0) is 19.1. The fraction of sp³-hybridized carbons (Fsp3) is 0.682. The van der Waals surface area contributed by atoms with Gasteiger partial charge in [0.15, 0.2) is 11.5 Å². The first-order valence-corrected chi connectivity index (χ1v) is 10.5. The molecule has 158 valence electrons. The maximum absolute atomic E-state index is 12.4. The summed E-state index contributed by atoms with van der Waals surface area (Å²) in [5, 5.41) is 6.51. The molecule has 1 aliphatic heterocycles. The van der Waals surface area contributed by atoms with E-state index in [9.17, 15) is 4.79 Å². The Kier molecular flexibility index (Phi) is 9.39. The molecule has 2 fully saturated rings. The molecule has 1 saturated heterocycles. The van der Waals surface area contributed by atoms with Gasteiger partial charge in [0.2, 0.25) is 5.91 Å². The van der Waals surface area contributed by atoms with E-state index in [-0.39, 0.29) is 24.4 Å². The monoisotopic (exact) mass is 410 g/mol. The highest BCUT2D eigenvalue weighted by Crippen LogP contribution is 2.32. The summed E-state index contributed by atoms with van der Waals surface area (Å²) in [7, 11) is 1.67. The first kappa shape index (κ1) is 22.8. The number of hydrogen-bond acceptors (Lipinski definition) is 4. The summed E-state index contributed by atoms with van der Waals surface area (Å²) in [6.45, 7) is 4.87. The Morgan fingerprint density at radius 1 is 1.21 bits per heavy atom. The van der Waals surface area contributed by atoms with Gasteiger partial charge in [-0.15, -0.1) is 12.4 Å². The number of carbonyl (C=O) groups is 1. The van der Waals surface area contributed by atoms with Crippen LogP contribution in [0, 0.1) is 11.8 Å². The number of benzene rings is 1. The SMILES string of the molecule is COc1ccc(CNC(=O)CC(C)C2CCCNC2)cc1OC1CCCC1.Cl. The van der Waals surface area contributed by atoms with Crippen molar-refractivity contribution in [3.63, 3.8) is 0 Å². The third kappa shape index (κ3) is 6.56. The van der Waals surface area contributed by atoms with Crippen molar-refractivity contribution in [1.29, 1.82) is 0 Å². The molecule has 2 N–H and O–H groups in total. The lowest BCUT2D eigenvalue weighted by molar-refractivity contribution is -0.122. The molecule has 0 radical (unpaired) electrons. The summed E-state index contributed by atoms with van der Waals surface area (Å²) in [4.78, 5) is 12.4. The summed E-state index contributed by atoms with van der Waals surface area (Å²) in [5.41, 5.74) is 1.05. The molecule has 3 rings (SSSR count). The van der Waals surface area contributed by atoms with Crippen molar-refractivity contribution in [3.05, 3.63) is 23.8 Å². The summed E-state index contributed by atoms with van der Waals surface area (Å²) in [6.07, 6.45) is 8.00. The second kappa shape index (κ2) is 11.5. The van der Waals surface area contributed by atoms with Crippen molar-refractivity contribution in [1.82, 2.24) is 10.6 Å². The van der Waals surface area contributed by atoms with Crippen LogP contribution < -0.4 is 20.1 Å². The van der Waals surface area contributed by atoms with Gasteiger partial charge in [-0.05, 0) is 81.1 Å². The van der Waals surface area contributed by atoms with Crippen molar-refractivity contribution >= 4 is 18.3 Å². The number of nitrogens with one attached hydrogen (secondary N) is 2. The lowest BCUT2D eigenvalue weighted by Crippen LogP contribution is -2.35. The number of rotatable bonds is 8. The third-order valence-corrected chi connectivity index (χ3v) is 5.96. The van der Waals surface area contributed by atoms with Crippen LogP contribution >= 0.6 is 12.4 Å². The van der Waals surface area contributed by atoms with Crippen LogP contribution in [0.15, 0.2) is 18.2 Å². The Hall–Kier alpha value is -1.46. The van der Waals surface area contributed by atoms with Crippen molar-refractivity contribution in [2.45, 2.75) is 64.5 Å². The van der Waals surface area contributed by atoms with E-state index in [1.54, 1.807) is 7.11 Å². The minimum Gasteiger partial charge on any atom is -0.493 e. The van der Waals surface area contributed by atoms with Crippen LogP contribution in [0.5, 0.6) is 11.5 Å².